The van der Waals surface area contributed by atoms with E-state index in [4.69, 9.17) is 8.92 Å². The molecule has 3 heterocycles. The Morgan fingerprint density at radius 1 is 1.10 bits per heavy atom. The van der Waals surface area contributed by atoms with E-state index in [1.165, 1.54) is 50.1 Å². The first kappa shape index (κ1) is 21.6. The molecule has 7 nitrogen and oxygen atoms in total. The fourth-order valence-electron chi connectivity index (χ4n) is 5.47. The van der Waals surface area contributed by atoms with Gasteiger partial charge in [-0.05, 0) is 70.0 Å². The fraction of sp³-hybridized carbons (Fsp3) is 0.727. The summed E-state index contributed by atoms with van der Waals surface area (Å²) in [5.74, 6) is 0.705. The average molecular weight is 466 g/mol. The van der Waals surface area contributed by atoms with E-state index in [0.29, 0.717) is 11.9 Å². The Labute approximate surface area is 188 Å². The van der Waals surface area contributed by atoms with Crippen molar-refractivity contribution in [3.8, 4) is 5.88 Å². The van der Waals surface area contributed by atoms with Gasteiger partial charge in [-0.2, -0.15) is 8.42 Å². The van der Waals surface area contributed by atoms with Crippen LogP contribution in [0.1, 0.15) is 67.7 Å². The molecule has 0 bridgehead atoms. The highest BCUT2D eigenvalue weighted by molar-refractivity contribution is 7.85. The van der Waals surface area contributed by atoms with Gasteiger partial charge in [0, 0.05) is 16.8 Å². The Kier molecular flexibility index (Phi) is 6.20. The van der Waals surface area contributed by atoms with Crippen LogP contribution in [0.4, 0.5) is 0 Å². The first-order chi connectivity index (χ1) is 15.0. The van der Waals surface area contributed by atoms with Crippen LogP contribution < -0.4 is 4.74 Å². The second kappa shape index (κ2) is 8.92. The SMILES string of the molecule is CS(=O)(=O)OC[C@H]1CCc2sc3ncnc(O[C@H]4CC[C@H](N5CCCCC5)CC4)c3c21. The Bertz CT molecular complexity index is 1020. The van der Waals surface area contributed by atoms with Crippen LogP contribution in [0.2, 0.25) is 0 Å². The minimum atomic E-state index is -3.46. The molecule has 1 saturated heterocycles. The summed E-state index contributed by atoms with van der Waals surface area (Å²) in [4.78, 5) is 13.9. The maximum atomic E-state index is 11.5. The summed E-state index contributed by atoms with van der Waals surface area (Å²) in [7, 11) is -3.46. The summed E-state index contributed by atoms with van der Waals surface area (Å²) in [5.41, 5.74) is 1.14. The standard InChI is InChI=1S/C22H31N3O4S2/c1-31(26,27)28-13-15-5-10-18-19(15)20-21(23-14-24-22(20)30-18)29-17-8-6-16(7-9-17)25-11-3-2-4-12-25/h14-17H,2-13H2,1H3/t15-,16-,17-/m1/s1. The van der Waals surface area contributed by atoms with Gasteiger partial charge in [0.25, 0.3) is 10.1 Å². The van der Waals surface area contributed by atoms with Crippen molar-refractivity contribution in [2.75, 3.05) is 26.0 Å². The van der Waals surface area contributed by atoms with Gasteiger partial charge in [0.2, 0.25) is 5.88 Å². The lowest BCUT2D eigenvalue weighted by Gasteiger charge is -2.38. The number of nitrogens with zero attached hydrogens (tertiary/aromatic N) is 3. The van der Waals surface area contributed by atoms with Crippen molar-refractivity contribution < 1.29 is 17.3 Å². The van der Waals surface area contributed by atoms with Crippen LogP contribution in [0.5, 0.6) is 5.88 Å². The quantitative estimate of drug-likeness (QED) is 0.599. The van der Waals surface area contributed by atoms with Gasteiger partial charge in [-0.15, -0.1) is 11.3 Å². The molecule has 2 aliphatic carbocycles. The summed E-state index contributed by atoms with van der Waals surface area (Å²) in [6, 6.07) is 0.702. The number of hydrogen-bond acceptors (Lipinski definition) is 8. The number of aryl methyl sites for hydroxylation is 1. The molecule has 0 spiro atoms. The lowest BCUT2D eigenvalue weighted by Crippen LogP contribution is -2.42. The van der Waals surface area contributed by atoms with E-state index in [9.17, 15) is 8.42 Å². The van der Waals surface area contributed by atoms with Crippen LogP contribution in [-0.2, 0) is 20.7 Å². The number of fused-ring (bicyclic) bond motifs is 3. The molecule has 2 aromatic heterocycles. The Morgan fingerprint density at radius 3 is 2.61 bits per heavy atom. The molecular weight excluding hydrogens is 434 g/mol. The lowest BCUT2D eigenvalue weighted by molar-refractivity contribution is 0.0756. The van der Waals surface area contributed by atoms with E-state index in [2.05, 4.69) is 14.9 Å². The van der Waals surface area contributed by atoms with Crippen molar-refractivity contribution in [3.63, 3.8) is 0 Å². The van der Waals surface area contributed by atoms with Crippen LogP contribution in [0, 0.1) is 0 Å². The molecule has 1 atom stereocenters. The van der Waals surface area contributed by atoms with E-state index in [1.54, 1.807) is 17.7 Å². The number of rotatable bonds is 6. The highest BCUT2D eigenvalue weighted by Gasteiger charge is 2.33. The normalized spacial score (nSPS) is 27.5. The molecule has 0 amide bonds. The molecule has 170 valence electrons. The molecule has 5 rings (SSSR count). The Balaban J connectivity index is 1.31. The molecule has 2 fully saturated rings. The van der Waals surface area contributed by atoms with Gasteiger partial charge in [0.05, 0.1) is 18.2 Å². The van der Waals surface area contributed by atoms with Gasteiger partial charge in [-0.3, -0.25) is 4.18 Å². The number of hydrogen-bond donors (Lipinski definition) is 0. The van der Waals surface area contributed by atoms with E-state index < -0.39 is 10.1 Å². The number of ether oxygens (including phenoxy) is 1. The van der Waals surface area contributed by atoms with Crippen LogP contribution in [0.15, 0.2) is 6.33 Å². The number of likely N-dealkylation sites (tertiary alicyclic amines) is 1. The first-order valence-electron chi connectivity index (χ1n) is 11.5. The number of piperidine rings is 1. The van der Waals surface area contributed by atoms with Crippen molar-refractivity contribution in [2.24, 2.45) is 0 Å². The molecule has 0 radical (unpaired) electrons. The summed E-state index contributed by atoms with van der Waals surface area (Å²) < 4.78 is 34.6. The molecule has 3 aliphatic rings. The van der Waals surface area contributed by atoms with E-state index in [-0.39, 0.29) is 18.6 Å². The van der Waals surface area contributed by atoms with Crippen LogP contribution in [0.3, 0.4) is 0 Å². The van der Waals surface area contributed by atoms with Crippen LogP contribution in [-0.4, -0.2) is 61.4 Å². The topological polar surface area (TPSA) is 81.6 Å². The molecule has 1 saturated carbocycles. The maximum Gasteiger partial charge on any atom is 0.264 e. The predicted octanol–water partition coefficient (Wildman–Crippen LogP) is 3.87. The Morgan fingerprint density at radius 2 is 1.87 bits per heavy atom. The maximum absolute atomic E-state index is 11.5. The fourth-order valence-corrected chi connectivity index (χ4v) is 7.11. The highest BCUT2D eigenvalue weighted by atomic mass is 32.2. The predicted molar refractivity (Wildman–Crippen MR) is 121 cm³/mol. The van der Waals surface area contributed by atoms with E-state index >= 15 is 0 Å². The van der Waals surface area contributed by atoms with E-state index in [0.717, 1.165) is 47.7 Å². The number of aromatic nitrogens is 2. The van der Waals surface area contributed by atoms with E-state index in [1.807, 2.05) is 0 Å². The third kappa shape index (κ3) is 4.74. The average Bonchev–Trinajstić information content (AvgIpc) is 3.32. The van der Waals surface area contributed by atoms with Gasteiger partial charge >= 0.3 is 0 Å². The third-order valence-corrected chi connectivity index (χ3v) is 8.75. The first-order valence-corrected chi connectivity index (χ1v) is 14.1. The van der Waals surface area contributed by atoms with Crippen molar-refractivity contribution in [1.29, 1.82) is 0 Å². The second-order valence-corrected chi connectivity index (χ2v) is 11.9. The zero-order valence-electron chi connectivity index (χ0n) is 18.1. The van der Waals surface area contributed by atoms with Crippen LogP contribution in [0.25, 0.3) is 10.2 Å². The highest BCUT2D eigenvalue weighted by Crippen LogP contribution is 2.46. The summed E-state index contributed by atoms with van der Waals surface area (Å²) >= 11 is 1.68. The lowest BCUT2D eigenvalue weighted by atomic mass is 9.90. The molecule has 2 aromatic rings. The third-order valence-electron chi connectivity index (χ3n) is 7.01. The van der Waals surface area contributed by atoms with Crippen LogP contribution >= 0.6 is 11.3 Å². The molecule has 0 N–H and O–H groups in total. The van der Waals surface area contributed by atoms with Crippen molar-refractivity contribution >= 4 is 31.7 Å². The molecule has 0 aromatic carbocycles. The van der Waals surface area contributed by atoms with Gasteiger partial charge in [0.15, 0.2) is 0 Å². The number of thiophene rings is 1. The minimum absolute atomic E-state index is 0.0432. The van der Waals surface area contributed by atoms with Crippen molar-refractivity contribution in [3.05, 3.63) is 16.8 Å². The molecule has 9 heteroatoms. The van der Waals surface area contributed by atoms with Gasteiger partial charge < -0.3 is 9.64 Å². The molecule has 31 heavy (non-hydrogen) atoms. The zero-order valence-corrected chi connectivity index (χ0v) is 19.7. The summed E-state index contributed by atoms with van der Waals surface area (Å²) in [6.45, 7) is 2.67. The molecular formula is C22H31N3O4S2. The molecule has 0 unspecified atom stereocenters. The monoisotopic (exact) mass is 465 g/mol. The summed E-state index contributed by atoms with van der Waals surface area (Å²) in [6.07, 6.45) is 13.2. The zero-order chi connectivity index (χ0) is 21.4. The molecule has 1 aliphatic heterocycles. The summed E-state index contributed by atoms with van der Waals surface area (Å²) in [5, 5.41) is 0.972. The largest absolute Gasteiger partial charge is 0.474 e. The van der Waals surface area contributed by atoms with Gasteiger partial charge in [-0.1, -0.05) is 6.42 Å². The van der Waals surface area contributed by atoms with Gasteiger partial charge in [-0.25, -0.2) is 9.97 Å². The minimum Gasteiger partial charge on any atom is -0.474 e. The van der Waals surface area contributed by atoms with Crippen molar-refractivity contribution in [1.82, 2.24) is 14.9 Å². The smallest absolute Gasteiger partial charge is 0.264 e. The Hall–Kier alpha value is -1.29. The van der Waals surface area contributed by atoms with Gasteiger partial charge in [0.1, 0.15) is 17.3 Å². The second-order valence-electron chi connectivity index (χ2n) is 9.17. The van der Waals surface area contributed by atoms with Crippen molar-refractivity contribution in [2.45, 2.75) is 75.9 Å².